The van der Waals surface area contributed by atoms with Crippen molar-refractivity contribution in [1.29, 1.82) is 0 Å². The van der Waals surface area contributed by atoms with Crippen molar-refractivity contribution in [2.45, 2.75) is 10.8 Å². The Hall–Kier alpha value is -15.6. The first kappa shape index (κ1) is 65.9. The lowest BCUT2D eigenvalue weighted by atomic mass is 9.65. The van der Waals surface area contributed by atoms with Crippen LogP contribution in [0.25, 0.3) is 167 Å². The van der Waals surface area contributed by atoms with Gasteiger partial charge in [0.05, 0.1) is 55.7 Å². The smallest absolute Gasteiger partial charge is 0.160 e. The van der Waals surface area contributed by atoms with Crippen LogP contribution in [-0.4, -0.2) is 29.1 Å². The van der Waals surface area contributed by atoms with Crippen molar-refractivity contribution in [3.05, 3.63) is 445 Å². The summed E-state index contributed by atoms with van der Waals surface area (Å²) in [5.74, 6) is 4.53. The van der Waals surface area contributed by atoms with Gasteiger partial charge in [-0.1, -0.05) is 291 Å². The molecule has 2 aliphatic heterocycles. The van der Waals surface area contributed by atoms with E-state index in [0.717, 1.165) is 140 Å². The number of rotatable bonds is 9. The van der Waals surface area contributed by atoms with Crippen molar-refractivity contribution in [3.63, 3.8) is 0 Å². The molecule has 0 N–H and O–H groups in total. The van der Waals surface area contributed by atoms with Gasteiger partial charge in [-0.15, -0.1) is 0 Å². The number of ether oxygens (including phenoxy) is 2. The minimum atomic E-state index is -0.761. The molecule has 548 valence electrons. The van der Waals surface area contributed by atoms with Gasteiger partial charge in [-0.05, 0) is 176 Å². The second-order valence-corrected chi connectivity index (χ2v) is 31.4. The van der Waals surface area contributed by atoms with Crippen molar-refractivity contribution in [2.24, 2.45) is 0 Å². The largest absolute Gasteiger partial charge is 0.457 e. The van der Waals surface area contributed by atoms with E-state index in [2.05, 4.69) is 385 Å². The van der Waals surface area contributed by atoms with Gasteiger partial charge >= 0.3 is 0 Å². The van der Waals surface area contributed by atoms with Crippen LogP contribution in [0.3, 0.4) is 0 Å². The number of hydrogen-bond acceptors (Lipinski definition) is 6. The zero-order valence-corrected chi connectivity index (χ0v) is 63.6. The molecule has 0 atom stereocenters. The predicted molar refractivity (Wildman–Crippen MR) is 477 cm³/mol. The Labute approximate surface area is 679 Å². The fourth-order valence-electron chi connectivity index (χ4n) is 20.2. The fraction of sp³-hybridized carbons (Fsp3) is 0.0182. The quantitative estimate of drug-likeness (QED) is 0.143. The summed E-state index contributed by atoms with van der Waals surface area (Å²) in [4.78, 5) is 21.7. The van der Waals surface area contributed by atoms with E-state index in [4.69, 9.17) is 29.4 Å². The molecule has 0 radical (unpaired) electrons. The van der Waals surface area contributed by atoms with Crippen LogP contribution in [0.4, 0.5) is 0 Å². The maximum absolute atomic E-state index is 7.42. The Morgan fingerprint density at radius 1 is 0.203 bits per heavy atom. The molecule has 0 unspecified atom stereocenters. The summed E-state index contributed by atoms with van der Waals surface area (Å²) in [6, 6.07) is 145. The molecule has 4 aromatic heterocycles. The molecule has 2 spiro atoms. The molecule has 118 heavy (non-hydrogen) atoms. The van der Waals surface area contributed by atoms with E-state index >= 15 is 0 Å². The van der Waals surface area contributed by atoms with Gasteiger partial charge in [0.2, 0.25) is 0 Å². The standard InChI is InChI=1S/C110H66N6O2/c1-3-25-69(26-4-1)107-111-94(68-46-53-76(54-47-68)115-98-43-20-13-36-83(98)84-37-14-21-44-99(84)115)65-97(114-107)75-48-55-91-105(64-75)118-104-58-51-72(62-92(104)110(91)88-40-17-11-34-81(88)82-35-12-18-41-89(82)110)71-50-56-100-85(61-71)106-78-31-8-7-24-67(78)49-57-101(106)116(100)77-30-23-29-73(60-77)95-66-96(113-108(112-95)70-27-5-2-6-28-70)74-52-59-103-93(63-74)109(90-42-19-22-45-102(90)117-103)86-38-15-9-32-79(86)80-33-10-16-39-87(80)109/h1-66H. The van der Waals surface area contributed by atoms with Crippen LogP contribution in [0, 0.1) is 0 Å². The topological polar surface area (TPSA) is 79.9 Å². The number of fused-ring (bicyclic) bond motifs is 26. The first-order valence-electron chi connectivity index (χ1n) is 40.3. The Bertz CT molecular complexity index is 7690. The van der Waals surface area contributed by atoms with Gasteiger partial charge in [0.25, 0.3) is 0 Å². The first-order valence-corrected chi connectivity index (χ1v) is 40.3. The molecule has 2 aliphatic carbocycles. The van der Waals surface area contributed by atoms with Gasteiger partial charge in [0.15, 0.2) is 11.6 Å². The maximum atomic E-state index is 7.42. The summed E-state index contributed by atoms with van der Waals surface area (Å²) in [6.45, 7) is 0. The van der Waals surface area contributed by atoms with Crippen LogP contribution in [0.1, 0.15) is 44.5 Å². The van der Waals surface area contributed by atoms with Gasteiger partial charge < -0.3 is 18.6 Å². The molecule has 0 amide bonds. The second kappa shape index (κ2) is 25.4. The number of nitrogens with zero attached hydrogens (tertiary/aromatic N) is 6. The molecule has 8 heteroatoms. The first-order chi connectivity index (χ1) is 58.5. The summed E-state index contributed by atoms with van der Waals surface area (Å²) >= 11 is 0. The monoisotopic (exact) mass is 1500 g/mol. The average Bonchev–Trinajstić information content (AvgIpc) is 1.46. The highest BCUT2D eigenvalue weighted by atomic mass is 16.5. The summed E-state index contributed by atoms with van der Waals surface area (Å²) < 4.78 is 19.1. The highest BCUT2D eigenvalue weighted by molar-refractivity contribution is 6.22. The molecule has 8 nitrogen and oxygen atoms in total. The van der Waals surface area contributed by atoms with Gasteiger partial charge in [0, 0.05) is 88.6 Å². The zero-order chi connectivity index (χ0) is 77.3. The van der Waals surface area contributed by atoms with Crippen LogP contribution < -0.4 is 9.47 Å². The number of para-hydroxylation sites is 3. The molecule has 21 aromatic rings. The van der Waals surface area contributed by atoms with Gasteiger partial charge in [-0.25, -0.2) is 19.9 Å². The summed E-state index contributed by atoms with van der Waals surface area (Å²) in [7, 11) is 0. The van der Waals surface area contributed by atoms with E-state index < -0.39 is 10.8 Å². The minimum absolute atomic E-state index is 0.639. The van der Waals surface area contributed by atoms with E-state index in [9.17, 15) is 0 Å². The molecule has 0 bridgehead atoms. The third-order valence-electron chi connectivity index (χ3n) is 25.3. The average molecular weight is 1500 g/mol. The molecule has 6 heterocycles. The lowest BCUT2D eigenvalue weighted by molar-refractivity contribution is 0.436. The van der Waals surface area contributed by atoms with E-state index in [1.165, 1.54) is 82.5 Å². The van der Waals surface area contributed by atoms with E-state index in [0.29, 0.717) is 11.6 Å². The zero-order valence-electron chi connectivity index (χ0n) is 63.6. The molecule has 0 fully saturated rings. The number of aromatic nitrogens is 6. The summed E-state index contributed by atoms with van der Waals surface area (Å²) in [5, 5.41) is 7.14. The van der Waals surface area contributed by atoms with E-state index in [-0.39, 0.29) is 0 Å². The third-order valence-corrected chi connectivity index (χ3v) is 25.3. The molecule has 0 saturated heterocycles. The lowest BCUT2D eigenvalue weighted by Gasteiger charge is -2.39. The summed E-state index contributed by atoms with van der Waals surface area (Å²) in [5.41, 5.74) is 30.4. The molecule has 0 saturated carbocycles. The van der Waals surface area contributed by atoms with Crippen molar-refractivity contribution in [2.75, 3.05) is 0 Å². The second-order valence-electron chi connectivity index (χ2n) is 31.4. The molecule has 17 aromatic carbocycles. The van der Waals surface area contributed by atoms with Crippen LogP contribution >= 0.6 is 0 Å². The van der Waals surface area contributed by atoms with Gasteiger partial charge in [-0.3, -0.25) is 0 Å². The number of benzene rings is 17. The van der Waals surface area contributed by atoms with E-state index in [1.807, 2.05) is 24.3 Å². The maximum Gasteiger partial charge on any atom is 0.160 e. The Morgan fingerprint density at radius 2 is 0.602 bits per heavy atom. The van der Waals surface area contributed by atoms with Crippen molar-refractivity contribution in [1.82, 2.24) is 29.1 Å². The Morgan fingerprint density at radius 3 is 1.20 bits per heavy atom. The van der Waals surface area contributed by atoms with Crippen LogP contribution in [0.2, 0.25) is 0 Å². The predicted octanol–water partition coefficient (Wildman–Crippen LogP) is 27.2. The molecule has 25 rings (SSSR count). The lowest BCUT2D eigenvalue weighted by Crippen LogP contribution is -2.32. The normalized spacial score (nSPS) is 13.4. The van der Waals surface area contributed by atoms with Crippen LogP contribution in [-0.2, 0) is 10.8 Å². The Kier molecular flexibility index (Phi) is 14.2. The van der Waals surface area contributed by atoms with Crippen LogP contribution in [0.15, 0.2) is 400 Å². The molecular weight excluding hydrogens is 1440 g/mol. The SMILES string of the molecule is c1ccc(-c2nc(-c3ccc(-n4c5ccccc5c5ccccc54)cc3)cc(-c3ccc4c(c3)Oc3ccc(-c5ccc6c(c5)c5c7ccccc7ccc5n6-c5cccc(-c6cc(-c7ccc8c(c7)C7(c9ccccc9O8)c8ccccc8-c8ccccc87)nc(-c7ccccc7)n6)c5)cc3C43c4ccccc4-c4ccccc43)n2)cc1. The highest BCUT2D eigenvalue weighted by Gasteiger charge is 2.53. The van der Waals surface area contributed by atoms with Crippen LogP contribution in [0.5, 0.6) is 23.0 Å². The summed E-state index contributed by atoms with van der Waals surface area (Å²) in [6.07, 6.45) is 0. The molecular formula is C110H66N6O2. The van der Waals surface area contributed by atoms with Crippen molar-refractivity contribution < 1.29 is 9.47 Å². The minimum Gasteiger partial charge on any atom is -0.457 e. The fourth-order valence-corrected chi connectivity index (χ4v) is 20.2. The van der Waals surface area contributed by atoms with E-state index in [1.54, 1.807) is 0 Å². The van der Waals surface area contributed by atoms with Gasteiger partial charge in [0.1, 0.15) is 23.0 Å². The Balaban J connectivity index is 0.612. The third kappa shape index (κ3) is 9.59. The van der Waals surface area contributed by atoms with Crippen molar-refractivity contribution >= 4 is 54.4 Å². The van der Waals surface area contributed by atoms with Gasteiger partial charge in [-0.2, -0.15) is 0 Å². The van der Waals surface area contributed by atoms with Crippen molar-refractivity contribution in [3.8, 4) is 136 Å². The molecule has 4 aliphatic rings. The highest BCUT2D eigenvalue weighted by Crippen LogP contribution is 2.65. The number of hydrogen-bond donors (Lipinski definition) is 0.